The van der Waals surface area contributed by atoms with E-state index in [4.69, 9.17) is 9.40 Å². The molecule has 2 aromatic heterocycles. The standard InChI is InChI=1S/C34H34F3N5O5/c1-33(2,46)24-15-26-27(16-25(24)39-30(44)20-7-9-28(38-17-20)34(35,36)37)47-32(40-26)19-11-13-42(14-12-19)18-21-5-3-4-6-22(21)23-8-10-29(43)41-31(23)45/h3-7,9,15-17,19,23,46H,8,10-14,18H2,1-2H3,(H,39,44)(H,41,43,45). The lowest BCUT2D eigenvalue weighted by Crippen LogP contribution is -2.40. The fourth-order valence-corrected chi connectivity index (χ4v) is 6.25. The van der Waals surface area contributed by atoms with Crippen LogP contribution in [-0.4, -0.2) is 50.8 Å². The molecule has 10 nitrogen and oxygen atoms in total. The van der Waals surface area contributed by atoms with Crippen molar-refractivity contribution in [2.45, 2.75) is 69.7 Å². The van der Waals surface area contributed by atoms with Crippen LogP contribution in [-0.2, 0) is 27.9 Å². The summed E-state index contributed by atoms with van der Waals surface area (Å²) in [5, 5.41) is 16.0. The van der Waals surface area contributed by atoms with Gasteiger partial charge in [-0.3, -0.25) is 29.6 Å². The predicted molar refractivity (Wildman–Crippen MR) is 165 cm³/mol. The summed E-state index contributed by atoms with van der Waals surface area (Å²) in [6, 6.07) is 12.8. The Morgan fingerprint density at radius 3 is 2.49 bits per heavy atom. The van der Waals surface area contributed by atoms with Gasteiger partial charge in [0.25, 0.3) is 5.91 Å². The summed E-state index contributed by atoms with van der Waals surface area (Å²) in [6.07, 6.45) is -1.41. The van der Waals surface area contributed by atoms with Gasteiger partial charge in [-0.05, 0) is 75.5 Å². The van der Waals surface area contributed by atoms with Crippen LogP contribution < -0.4 is 10.6 Å². The largest absolute Gasteiger partial charge is 0.440 e. The van der Waals surface area contributed by atoms with Crippen molar-refractivity contribution in [3.05, 3.63) is 88.6 Å². The average Bonchev–Trinajstić information content (AvgIpc) is 3.44. The second kappa shape index (κ2) is 12.5. The number of benzene rings is 2. The minimum atomic E-state index is -4.63. The molecule has 2 fully saturated rings. The predicted octanol–water partition coefficient (Wildman–Crippen LogP) is 5.62. The van der Waals surface area contributed by atoms with Crippen LogP contribution in [0.2, 0.25) is 0 Å². The maximum Gasteiger partial charge on any atom is 0.433 e. The molecule has 2 aliphatic rings. The first-order chi connectivity index (χ1) is 22.3. The molecule has 4 heterocycles. The molecule has 3 amide bonds. The highest BCUT2D eigenvalue weighted by atomic mass is 19.4. The molecular weight excluding hydrogens is 615 g/mol. The number of aliphatic hydroxyl groups is 1. The van der Waals surface area contributed by atoms with Crippen molar-refractivity contribution in [3.8, 4) is 0 Å². The molecule has 0 spiro atoms. The van der Waals surface area contributed by atoms with Crippen LogP contribution in [0.25, 0.3) is 11.1 Å². The number of halogens is 3. The number of imide groups is 1. The highest BCUT2D eigenvalue weighted by Gasteiger charge is 2.33. The molecule has 0 saturated carbocycles. The van der Waals surface area contributed by atoms with Crippen molar-refractivity contribution >= 4 is 34.5 Å². The fraction of sp³-hybridized carbons (Fsp3) is 0.382. The van der Waals surface area contributed by atoms with Crippen LogP contribution in [0, 0.1) is 0 Å². The number of hydrogen-bond acceptors (Lipinski definition) is 8. The molecule has 0 bridgehead atoms. The number of aromatic nitrogens is 2. The van der Waals surface area contributed by atoms with Gasteiger partial charge in [-0.1, -0.05) is 24.3 Å². The Morgan fingerprint density at radius 2 is 1.83 bits per heavy atom. The van der Waals surface area contributed by atoms with Crippen LogP contribution >= 0.6 is 0 Å². The number of pyridine rings is 1. The number of hydrogen-bond donors (Lipinski definition) is 3. The summed E-state index contributed by atoms with van der Waals surface area (Å²) in [7, 11) is 0. The molecule has 2 saturated heterocycles. The summed E-state index contributed by atoms with van der Waals surface area (Å²) in [5.41, 5.74) is 0.936. The second-order valence-electron chi connectivity index (χ2n) is 12.6. The van der Waals surface area contributed by atoms with Gasteiger partial charge < -0.3 is 14.8 Å². The van der Waals surface area contributed by atoms with E-state index < -0.39 is 23.4 Å². The van der Waals surface area contributed by atoms with Gasteiger partial charge in [-0.25, -0.2) is 4.98 Å². The summed E-state index contributed by atoms with van der Waals surface area (Å²) in [5.74, 6) is -0.960. The molecule has 6 rings (SSSR count). The lowest BCUT2D eigenvalue weighted by atomic mass is 9.87. The minimum absolute atomic E-state index is 0.0332. The van der Waals surface area contributed by atoms with Crippen LogP contribution in [0.15, 0.2) is 59.1 Å². The number of likely N-dealkylation sites (tertiary alicyclic amines) is 1. The summed E-state index contributed by atoms with van der Waals surface area (Å²) < 4.78 is 44.9. The number of amides is 3. The summed E-state index contributed by atoms with van der Waals surface area (Å²) in [6.45, 7) is 5.31. The van der Waals surface area contributed by atoms with Crippen molar-refractivity contribution in [1.29, 1.82) is 0 Å². The van der Waals surface area contributed by atoms with Crippen LogP contribution in [0.1, 0.15) is 90.0 Å². The third kappa shape index (κ3) is 7.05. The fourth-order valence-electron chi connectivity index (χ4n) is 6.25. The normalized spacial score (nSPS) is 18.4. The Bertz CT molecular complexity index is 1820. The van der Waals surface area contributed by atoms with Crippen molar-refractivity contribution < 1.29 is 37.1 Å². The van der Waals surface area contributed by atoms with Gasteiger partial charge in [0.15, 0.2) is 11.5 Å². The third-order valence-electron chi connectivity index (χ3n) is 8.77. The van der Waals surface area contributed by atoms with Gasteiger partial charge in [0, 0.05) is 36.7 Å². The first-order valence-electron chi connectivity index (χ1n) is 15.4. The zero-order chi connectivity index (χ0) is 33.5. The quantitative estimate of drug-likeness (QED) is 0.220. The molecule has 47 heavy (non-hydrogen) atoms. The number of nitrogens with one attached hydrogen (secondary N) is 2. The van der Waals surface area contributed by atoms with Crippen molar-refractivity contribution in [3.63, 3.8) is 0 Å². The van der Waals surface area contributed by atoms with E-state index in [0.29, 0.717) is 41.9 Å². The molecule has 1 unspecified atom stereocenters. The molecule has 0 aliphatic carbocycles. The number of carbonyl (C=O) groups is 3. The number of alkyl halides is 3. The molecular formula is C34H34F3N5O5. The van der Waals surface area contributed by atoms with E-state index in [1.165, 1.54) is 0 Å². The number of nitrogens with zero attached hydrogens (tertiary/aromatic N) is 3. The Morgan fingerprint density at radius 1 is 1.09 bits per heavy atom. The maximum absolute atomic E-state index is 12.9. The Kier molecular flexibility index (Phi) is 8.62. The monoisotopic (exact) mass is 649 g/mol. The lowest BCUT2D eigenvalue weighted by molar-refractivity contribution is -0.141. The molecule has 2 aromatic carbocycles. The summed E-state index contributed by atoms with van der Waals surface area (Å²) >= 11 is 0. The van der Waals surface area contributed by atoms with Gasteiger partial charge in [0.1, 0.15) is 11.2 Å². The van der Waals surface area contributed by atoms with E-state index in [2.05, 4.69) is 20.5 Å². The number of oxazole rings is 1. The summed E-state index contributed by atoms with van der Waals surface area (Å²) in [4.78, 5) is 47.5. The number of anilines is 1. The smallest absolute Gasteiger partial charge is 0.433 e. The van der Waals surface area contributed by atoms with Gasteiger partial charge in [-0.2, -0.15) is 13.2 Å². The van der Waals surface area contributed by atoms with E-state index in [-0.39, 0.29) is 34.9 Å². The van der Waals surface area contributed by atoms with Crippen molar-refractivity contribution in [2.75, 3.05) is 18.4 Å². The van der Waals surface area contributed by atoms with Crippen molar-refractivity contribution in [2.24, 2.45) is 0 Å². The molecule has 0 radical (unpaired) electrons. The Hall–Kier alpha value is -4.62. The molecule has 13 heteroatoms. The second-order valence-corrected chi connectivity index (χ2v) is 12.6. The lowest BCUT2D eigenvalue weighted by Gasteiger charge is -2.32. The van der Waals surface area contributed by atoms with Gasteiger partial charge in [0.2, 0.25) is 11.8 Å². The van der Waals surface area contributed by atoms with E-state index in [1.54, 1.807) is 26.0 Å². The van der Waals surface area contributed by atoms with Gasteiger partial charge >= 0.3 is 6.18 Å². The first-order valence-corrected chi connectivity index (χ1v) is 15.4. The molecule has 1 atom stereocenters. The highest BCUT2D eigenvalue weighted by Crippen LogP contribution is 2.37. The molecule has 3 N–H and O–H groups in total. The Labute approximate surface area is 268 Å². The first kappa shape index (κ1) is 32.3. The minimum Gasteiger partial charge on any atom is -0.440 e. The average molecular weight is 650 g/mol. The van der Waals surface area contributed by atoms with Gasteiger partial charge in [-0.15, -0.1) is 0 Å². The zero-order valence-corrected chi connectivity index (χ0v) is 25.9. The molecule has 246 valence electrons. The number of piperidine rings is 2. The number of carbonyl (C=O) groups excluding carboxylic acids is 3. The number of rotatable bonds is 7. The SMILES string of the molecule is CC(C)(O)c1cc2nc(C3CCN(Cc4ccccc4C4CCC(=O)NC4=O)CC3)oc2cc1NC(=O)c1ccc(C(F)(F)F)nc1. The van der Waals surface area contributed by atoms with Crippen LogP contribution in [0.4, 0.5) is 18.9 Å². The van der Waals surface area contributed by atoms with Crippen molar-refractivity contribution in [1.82, 2.24) is 20.2 Å². The van der Waals surface area contributed by atoms with Crippen LogP contribution in [0.5, 0.6) is 0 Å². The highest BCUT2D eigenvalue weighted by molar-refractivity contribution is 6.05. The van der Waals surface area contributed by atoms with E-state index in [0.717, 1.165) is 55.4 Å². The molecule has 4 aromatic rings. The Balaban J connectivity index is 1.16. The maximum atomic E-state index is 12.9. The zero-order valence-electron chi connectivity index (χ0n) is 25.9. The van der Waals surface area contributed by atoms with Gasteiger partial charge in [0.05, 0.1) is 22.8 Å². The number of fused-ring (bicyclic) bond motifs is 1. The van der Waals surface area contributed by atoms with E-state index in [9.17, 15) is 32.7 Å². The van der Waals surface area contributed by atoms with E-state index in [1.807, 2.05) is 24.3 Å². The molecule has 2 aliphatic heterocycles. The third-order valence-corrected chi connectivity index (χ3v) is 8.77. The van der Waals surface area contributed by atoms with Crippen LogP contribution in [0.3, 0.4) is 0 Å². The topological polar surface area (TPSA) is 138 Å². The van der Waals surface area contributed by atoms with E-state index >= 15 is 0 Å².